The fourth-order valence-electron chi connectivity index (χ4n) is 2.65. The van der Waals surface area contributed by atoms with Crippen LogP contribution in [0.4, 0.5) is 5.69 Å². The molecule has 0 saturated carbocycles. The van der Waals surface area contributed by atoms with Crippen molar-refractivity contribution >= 4 is 17.6 Å². The zero-order valence-electron chi connectivity index (χ0n) is 16.6. The summed E-state index contributed by atoms with van der Waals surface area (Å²) in [7, 11) is 3.01. The smallest absolute Gasteiger partial charge is 0.342 e. The summed E-state index contributed by atoms with van der Waals surface area (Å²) in [5.74, 6) is 0.738. The van der Waals surface area contributed by atoms with Gasteiger partial charge in [0.1, 0.15) is 28.6 Å². The summed E-state index contributed by atoms with van der Waals surface area (Å²) >= 11 is 0. The van der Waals surface area contributed by atoms with Crippen LogP contribution in [0.5, 0.6) is 23.0 Å². The first kappa shape index (κ1) is 20.7. The lowest BCUT2D eigenvalue weighted by Gasteiger charge is -2.13. The molecule has 0 radical (unpaired) electrons. The molecule has 0 unspecified atom stereocenters. The van der Waals surface area contributed by atoms with Crippen LogP contribution in [-0.4, -0.2) is 32.7 Å². The number of ether oxygens (including phenoxy) is 4. The molecule has 0 aliphatic rings. The van der Waals surface area contributed by atoms with E-state index >= 15 is 0 Å². The minimum Gasteiger partial charge on any atom is -0.497 e. The second-order valence-corrected chi connectivity index (χ2v) is 6.10. The van der Waals surface area contributed by atoms with Gasteiger partial charge >= 0.3 is 5.97 Å². The van der Waals surface area contributed by atoms with Gasteiger partial charge in [0.05, 0.1) is 19.9 Å². The Morgan fingerprint density at radius 1 is 0.800 bits per heavy atom. The standard InChI is InChI=1S/C23H21NO6/c1-27-17-12-13-21(28-2)19(14-17)24-22(25)15-29-23(26)18-10-6-7-11-20(18)30-16-8-4-3-5-9-16/h3-14H,15H2,1-2H3,(H,24,25). The van der Waals surface area contributed by atoms with E-state index in [0.29, 0.717) is 28.7 Å². The van der Waals surface area contributed by atoms with Crippen LogP contribution in [0.2, 0.25) is 0 Å². The number of anilines is 1. The summed E-state index contributed by atoms with van der Waals surface area (Å²) in [6, 6.07) is 20.7. The molecule has 3 rings (SSSR count). The monoisotopic (exact) mass is 407 g/mol. The van der Waals surface area contributed by atoms with Crippen LogP contribution in [0.1, 0.15) is 10.4 Å². The van der Waals surface area contributed by atoms with Crippen molar-refractivity contribution in [1.29, 1.82) is 0 Å². The fraction of sp³-hybridized carbons (Fsp3) is 0.130. The summed E-state index contributed by atoms with van der Waals surface area (Å²) < 4.78 is 21.3. The van der Waals surface area contributed by atoms with Crippen LogP contribution in [0, 0.1) is 0 Å². The van der Waals surface area contributed by atoms with E-state index in [4.69, 9.17) is 18.9 Å². The maximum atomic E-state index is 12.5. The van der Waals surface area contributed by atoms with Crippen LogP contribution >= 0.6 is 0 Å². The molecule has 0 aliphatic carbocycles. The Kier molecular flexibility index (Phi) is 6.89. The third kappa shape index (κ3) is 5.29. The molecule has 0 atom stereocenters. The van der Waals surface area contributed by atoms with Crippen molar-refractivity contribution in [2.75, 3.05) is 26.1 Å². The summed E-state index contributed by atoms with van der Waals surface area (Å²) in [5.41, 5.74) is 0.624. The molecule has 30 heavy (non-hydrogen) atoms. The lowest BCUT2D eigenvalue weighted by atomic mass is 10.2. The summed E-state index contributed by atoms with van der Waals surface area (Å²) in [4.78, 5) is 24.8. The van der Waals surface area contributed by atoms with E-state index < -0.39 is 18.5 Å². The van der Waals surface area contributed by atoms with Gasteiger partial charge in [-0.3, -0.25) is 4.79 Å². The first-order chi connectivity index (χ1) is 14.6. The Labute approximate surface area is 174 Å². The number of amides is 1. The van der Waals surface area contributed by atoms with Gasteiger partial charge in [0.15, 0.2) is 6.61 Å². The highest BCUT2D eigenvalue weighted by molar-refractivity contribution is 5.97. The van der Waals surface area contributed by atoms with Crippen molar-refractivity contribution in [2.24, 2.45) is 0 Å². The molecule has 0 bridgehead atoms. The lowest BCUT2D eigenvalue weighted by Crippen LogP contribution is -2.21. The van der Waals surface area contributed by atoms with Crippen molar-refractivity contribution in [3.8, 4) is 23.0 Å². The van der Waals surface area contributed by atoms with E-state index in [2.05, 4.69) is 5.32 Å². The molecule has 0 saturated heterocycles. The topological polar surface area (TPSA) is 83.1 Å². The van der Waals surface area contributed by atoms with Gasteiger partial charge in [-0.25, -0.2) is 4.79 Å². The molecular weight excluding hydrogens is 386 g/mol. The summed E-state index contributed by atoms with van der Waals surface area (Å²) in [5, 5.41) is 2.65. The predicted molar refractivity (Wildman–Crippen MR) is 111 cm³/mol. The second kappa shape index (κ2) is 9.97. The van der Waals surface area contributed by atoms with Crippen LogP contribution in [0.15, 0.2) is 72.8 Å². The molecule has 3 aromatic carbocycles. The maximum Gasteiger partial charge on any atom is 0.342 e. The minimum absolute atomic E-state index is 0.216. The van der Waals surface area contributed by atoms with Crippen molar-refractivity contribution in [3.05, 3.63) is 78.4 Å². The van der Waals surface area contributed by atoms with E-state index in [-0.39, 0.29) is 5.56 Å². The Balaban J connectivity index is 1.64. The van der Waals surface area contributed by atoms with Crippen LogP contribution in [-0.2, 0) is 9.53 Å². The number of para-hydroxylation sites is 2. The zero-order valence-corrected chi connectivity index (χ0v) is 16.6. The maximum absolute atomic E-state index is 12.5. The average Bonchev–Trinajstić information content (AvgIpc) is 2.78. The Hall–Kier alpha value is -4.00. The van der Waals surface area contributed by atoms with Crippen molar-refractivity contribution in [3.63, 3.8) is 0 Å². The van der Waals surface area contributed by atoms with Gasteiger partial charge in [-0.05, 0) is 36.4 Å². The fourth-order valence-corrected chi connectivity index (χ4v) is 2.65. The van der Waals surface area contributed by atoms with Gasteiger partial charge < -0.3 is 24.3 Å². The zero-order chi connectivity index (χ0) is 21.3. The van der Waals surface area contributed by atoms with Gasteiger partial charge in [0.25, 0.3) is 5.91 Å². The van der Waals surface area contributed by atoms with Gasteiger partial charge in [-0.15, -0.1) is 0 Å². The molecule has 0 aliphatic heterocycles. The SMILES string of the molecule is COc1ccc(OC)c(NC(=O)COC(=O)c2ccccc2Oc2ccccc2)c1. The van der Waals surface area contributed by atoms with Crippen molar-refractivity contribution in [1.82, 2.24) is 0 Å². The van der Waals surface area contributed by atoms with E-state index in [1.165, 1.54) is 14.2 Å². The number of rotatable bonds is 8. The molecule has 0 aromatic heterocycles. The Morgan fingerprint density at radius 2 is 1.53 bits per heavy atom. The second-order valence-electron chi connectivity index (χ2n) is 6.10. The third-order valence-corrected chi connectivity index (χ3v) is 4.09. The molecule has 154 valence electrons. The first-order valence-corrected chi connectivity index (χ1v) is 9.11. The highest BCUT2D eigenvalue weighted by atomic mass is 16.5. The van der Waals surface area contributed by atoms with E-state index in [1.807, 2.05) is 18.2 Å². The van der Waals surface area contributed by atoms with Gasteiger partial charge in [-0.1, -0.05) is 30.3 Å². The van der Waals surface area contributed by atoms with Gasteiger partial charge in [0.2, 0.25) is 0 Å². The number of hydrogen-bond donors (Lipinski definition) is 1. The van der Waals surface area contributed by atoms with Crippen LogP contribution in [0.25, 0.3) is 0 Å². The molecule has 0 heterocycles. The number of nitrogens with one attached hydrogen (secondary N) is 1. The van der Waals surface area contributed by atoms with Crippen LogP contribution < -0.4 is 19.5 Å². The summed E-state index contributed by atoms with van der Waals surface area (Å²) in [6.45, 7) is -0.473. The molecule has 1 N–H and O–H groups in total. The number of methoxy groups -OCH3 is 2. The molecule has 3 aromatic rings. The number of carbonyl (C=O) groups excluding carboxylic acids is 2. The number of hydrogen-bond acceptors (Lipinski definition) is 6. The van der Waals surface area contributed by atoms with E-state index in [9.17, 15) is 9.59 Å². The molecule has 1 amide bonds. The van der Waals surface area contributed by atoms with E-state index in [1.54, 1.807) is 54.6 Å². The minimum atomic E-state index is -0.672. The lowest BCUT2D eigenvalue weighted by molar-refractivity contribution is -0.119. The Morgan fingerprint density at radius 3 is 2.27 bits per heavy atom. The normalized spacial score (nSPS) is 10.1. The average molecular weight is 407 g/mol. The van der Waals surface area contributed by atoms with Crippen LogP contribution in [0.3, 0.4) is 0 Å². The summed E-state index contributed by atoms with van der Waals surface area (Å²) in [6.07, 6.45) is 0. The molecule has 0 fully saturated rings. The molecule has 7 heteroatoms. The third-order valence-electron chi connectivity index (χ3n) is 4.09. The first-order valence-electron chi connectivity index (χ1n) is 9.11. The van der Waals surface area contributed by atoms with Gasteiger partial charge in [0, 0.05) is 6.07 Å². The number of esters is 1. The van der Waals surface area contributed by atoms with Crippen molar-refractivity contribution < 1.29 is 28.5 Å². The highest BCUT2D eigenvalue weighted by Crippen LogP contribution is 2.29. The van der Waals surface area contributed by atoms with E-state index in [0.717, 1.165) is 0 Å². The number of benzene rings is 3. The number of carbonyl (C=O) groups is 2. The predicted octanol–water partition coefficient (Wildman–Crippen LogP) is 4.29. The quantitative estimate of drug-likeness (QED) is 0.561. The van der Waals surface area contributed by atoms with Crippen molar-refractivity contribution in [2.45, 2.75) is 0 Å². The van der Waals surface area contributed by atoms with Gasteiger partial charge in [-0.2, -0.15) is 0 Å². The largest absolute Gasteiger partial charge is 0.497 e. The molecule has 0 spiro atoms. The highest BCUT2D eigenvalue weighted by Gasteiger charge is 2.17. The molecular formula is C23H21NO6. The Bertz CT molecular complexity index is 1020. The molecule has 7 nitrogen and oxygen atoms in total.